The van der Waals surface area contributed by atoms with E-state index in [4.69, 9.17) is 10.8 Å². The van der Waals surface area contributed by atoms with Crippen LogP contribution in [0, 0.1) is 0 Å². The van der Waals surface area contributed by atoms with E-state index in [1.54, 1.807) is 6.92 Å². The van der Waals surface area contributed by atoms with Crippen molar-refractivity contribution < 1.29 is 9.90 Å². The minimum absolute atomic E-state index is 0.215. The van der Waals surface area contributed by atoms with Gasteiger partial charge in [0.2, 0.25) is 0 Å². The molecule has 5 nitrogen and oxygen atoms in total. The van der Waals surface area contributed by atoms with Crippen LogP contribution in [0.3, 0.4) is 0 Å². The van der Waals surface area contributed by atoms with E-state index in [1.165, 1.54) is 0 Å². The predicted molar refractivity (Wildman–Crippen MR) is 68.0 cm³/mol. The smallest absolute Gasteiger partial charge is 0.323 e. The molecule has 17 heavy (non-hydrogen) atoms. The van der Waals surface area contributed by atoms with E-state index in [0.29, 0.717) is 6.42 Å². The molecule has 1 saturated heterocycles. The Hall–Kier alpha value is -0.650. The molecular formula is C12H25N3O2. The molecule has 0 aromatic carbocycles. The molecule has 0 bridgehead atoms. The van der Waals surface area contributed by atoms with Crippen molar-refractivity contribution in [2.45, 2.75) is 38.3 Å². The highest BCUT2D eigenvalue weighted by Crippen LogP contribution is 2.16. The van der Waals surface area contributed by atoms with Crippen LogP contribution in [0.2, 0.25) is 0 Å². The van der Waals surface area contributed by atoms with Crippen LogP contribution in [0.5, 0.6) is 0 Å². The fourth-order valence-corrected chi connectivity index (χ4v) is 2.34. The van der Waals surface area contributed by atoms with Crippen molar-refractivity contribution in [2.24, 2.45) is 5.73 Å². The lowest BCUT2D eigenvalue weighted by molar-refractivity contribution is -0.143. The molecule has 2 atom stereocenters. The molecule has 1 aliphatic rings. The van der Waals surface area contributed by atoms with Gasteiger partial charge in [-0.2, -0.15) is 0 Å². The van der Waals surface area contributed by atoms with E-state index >= 15 is 0 Å². The van der Waals surface area contributed by atoms with Gasteiger partial charge in [0, 0.05) is 19.1 Å². The molecule has 0 aliphatic carbocycles. The number of hydrogen-bond donors (Lipinski definition) is 2. The molecule has 1 aliphatic heterocycles. The molecular weight excluding hydrogens is 218 g/mol. The van der Waals surface area contributed by atoms with Crippen molar-refractivity contribution in [3.8, 4) is 0 Å². The van der Waals surface area contributed by atoms with Crippen LogP contribution in [0.4, 0.5) is 0 Å². The third-order valence-corrected chi connectivity index (χ3v) is 3.59. The summed E-state index contributed by atoms with van der Waals surface area (Å²) in [5.41, 5.74) is 4.67. The third kappa shape index (κ3) is 4.26. The van der Waals surface area contributed by atoms with E-state index in [1.807, 2.05) is 0 Å². The van der Waals surface area contributed by atoms with Crippen molar-refractivity contribution in [3.63, 3.8) is 0 Å². The summed E-state index contributed by atoms with van der Waals surface area (Å²) >= 11 is 0. The fraction of sp³-hybridized carbons (Fsp3) is 0.917. The first-order chi connectivity index (χ1) is 7.83. The summed E-state index contributed by atoms with van der Waals surface area (Å²) in [6.45, 7) is 7.84. The van der Waals surface area contributed by atoms with Crippen molar-refractivity contribution >= 4 is 5.97 Å². The summed E-state index contributed by atoms with van der Waals surface area (Å²) in [5, 5.41) is 9.03. The molecule has 1 fully saturated rings. The van der Waals surface area contributed by atoms with Crippen LogP contribution in [0.25, 0.3) is 0 Å². The number of carbonyl (C=O) groups is 1. The minimum Gasteiger partial charge on any atom is -0.480 e. The van der Waals surface area contributed by atoms with E-state index in [-0.39, 0.29) is 6.04 Å². The van der Waals surface area contributed by atoms with Gasteiger partial charge in [-0.3, -0.25) is 9.69 Å². The van der Waals surface area contributed by atoms with Gasteiger partial charge in [-0.25, -0.2) is 0 Å². The highest BCUT2D eigenvalue weighted by Gasteiger charge is 2.32. The largest absolute Gasteiger partial charge is 0.480 e. The Bertz CT molecular complexity index is 268. The van der Waals surface area contributed by atoms with E-state index in [2.05, 4.69) is 23.8 Å². The molecule has 0 spiro atoms. The molecule has 0 radical (unpaired) electrons. The van der Waals surface area contributed by atoms with Gasteiger partial charge in [0.05, 0.1) is 0 Å². The van der Waals surface area contributed by atoms with Crippen molar-refractivity contribution in [2.75, 3.05) is 33.2 Å². The van der Waals surface area contributed by atoms with Crippen LogP contribution in [-0.2, 0) is 4.79 Å². The Balaban J connectivity index is 2.52. The van der Waals surface area contributed by atoms with Gasteiger partial charge in [0.1, 0.15) is 5.54 Å². The summed E-state index contributed by atoms with van der Waals surface area (Å²) in [5.74, 6) is -0.920. The molecule has 0 amide bonds. The molecule has 1 rings (SSSR count). The monoisotopic (exact) mass is 243 g/mol. The zero-order chi connectivity index (χ0) is 13.1. The van der Waals surface area contributed by atoms with Crippen LogP contribution >= 0.6 is 0 Å². The molecule has 0 saturated carbocycles. The summed E-state index contributed by atoms with van der Waals surface area (Å²) < 4.78 is 0. The maximum absolute atomic E-state index is 11.0. The molecule has 2 unspecified atom stereocenters. The Morgan fingerprint density at radius 3 is 2.65 bits per heavy atom. The van der Waals surface area contributed by atoms with E-state index in [9.17, 15) is 4.79 Å². The molecule has 0 aromatic heterocycles. The lowest BCUT2D eigenvalue weighted by atomic mass is 9.94. The van der Waals surface area contributed by atoms with Crippen LogP contribution < -0.4 is 5.73 Å². The average molecular weight is 243 g/mol. The highest BCUT2D eigenvalue weighted by atomic mass is 16.4. The van der Waals surface area contributed by atoms with Crippen molar-refractivity contribution in [1.29, 1.82) is 0 Å². The Morgan fingerprint density at radius 2 is 2.06 bits per heavy atom. The number of nitrogens with two attached hydrogens (primary N) is 1. The summed E-state index contributed by atoms with van der Waals surface area (Å²) in [4.78, 5) is 15.7. The normalized spacial score (nSPS) is 24.9. The Kier molecular flexibility index (Phi) is 4.91. The first kappa shape index (κ1) is 14.4. The highest BCUT2D eigenvalue weighted by molar-refractivity contribution is 5.77. The molecule has 100 valence electrons. The zero-order valence-electron chi connectivity index (χ0n) is 11.1. The molecule has 5 heteroatoms. The zero-order valence-corrected chi connectivity index (χ0v) is 11.1. The first-order valence-corrected chi connectivity index (χ1v) is 6.28. The fourth-order valence-electron chi connectivity index (χ4n) is 2.34. The lowest BCUT2D eigenvalue weighted by Crippen LogP contribution is -2.50. The van der Waals surface area contributed by atoms with Gasteiger partial charge in [-0.1, -0.05) is 0 Å². The van der Waals surface area contributed by atoms with Gasteiger partial charge < -0.3 is 15.7 Å². The van der Waals surface area contributed by atoms with E-state index < -0.39 is 11.5 Å². The SMILES string of the molecule is CC(CC(C)(N)C(=O)O)N1CCCN(C)CC1. The summed E-state index contributed by atoms with van der Waals surface area (Å²) in [7, 11) is 2.12. The van der Waals surface area contributed by atoms with Crippen molar-refractivity contribution in [3.05, 3.63) is 0 Å². The number of rotatable bonds is 4. The number of likely N-dealkylation sites (N-methyl/N-ethyl adjacent to an activating group) is 1. The van der Waals surface area contributed by atoms with Crippen molar-refractivity contribution in [1.82, 2.24) is 9.80 Å². The number of nitrogens with zero attached hydrogens (tertiary/aromatic N) is 2. The Labute approximate surface area is 104 Å². The van der Waals surface area contributed by atoms with E-state index in [0.717, 1.165) is 32.6 Å². The second-order valence-corrected chi connectivity index (χ2v) is 5.47. The van der Waals surface area contributed by atoms with Crippen LogP contribution in [0.15, 0.2) is 0 Å². The predicted octanol–water partition coefficient (Wildman–Crippen LogP) is 0.205. The lowest BCUT2D eigenvalue weighted by Gasteiger charge is -2.32. The topological polar surface area (TPSA) is 69.8 Å². The Morgan fingerprint density at radius 1 is 1.41 bits per heavy atom. The maximum Gasteiger partial charge on any atom is 0.323 e. The minimum atomic E-state index is -1.13. The van der Waals surface area contributed by atoms with Gasteiger partial charge >= 0.3 is 5.97 Å². The standard InChI is InChI=1S/C12H25N3O2/c1-10(9-12(2,13)11(16)17)15-6-4-5-14(3)7-8-15/h10H,4-9,13H2,1-3H3,(H,16,17). The maximum atomic E-state index is 11.0. The number of carboxylic acids is 1. The molecule has 1 heterocycles. The van der Waals surface area contributed by atoms with Gasteiger partial charge in [-0.15, -0.1) is 0 Å². The molecule has 0 aromatic rings. The van der Waals surface area contributed by atoms with Gasteiger partial charge in [-0.05, 0) is 46.8 Å². The number of carboxylic acid groups (broad SMARTS) is 1. The summed E-state index contributed by atoms with van der Waals surface area (Å²) in [6.07, 6.45) is 1.63. The quantitative estimate of drug-likeness (QED) is 0.738. The van der Waals surface area contributed by atoms with Crippen LogP contribution in [0.1, 0.15) is 26.7 Å². The molecule has 3 N–H and O–H groups in total. The van der Waals surface area contributed by atoms with Gasteiger partial charge in [0.15, 0.2) is 0 Å². The third-order valence-electron chi connectivity index (χ3n) is 3.59. The van der Waals surface area contributed by atoms with Crippen LogP contribution in [-0.4, -0.2) is 65.7 Å². The first-order valence-electron chi connectivity index (χ1n) is 6.28. The second-order valence-electron chi connectivity index (χ2n) is 5.47. The number of hydrogen-bond acceptors (Lipinski definition) is 4. The average Bonchev–Trinajstić information content (AvgIpc) is 2.42. The second kappa shape index (κ2) is 5.80. The van der Waals surface area contributed by atoms with Gasteiger partial charge in [0.25, 0.3) is 0 Å². The number of aliphatic carboxylic acids is 1. The summed E-state index contributed by atoms with van der Waals surface area (Å²) in [6, 6.07) is 0.215.